The van der Waals surface area contributed by atoms with Gasteiger partial charge in [0.2, 0.25) is 5.88 Å². The Kier molecular flexibility index (Phi) is 3.38. The minimum Gasteiger partial charge on any atom is -0.473 e. The molecule has 0 radical (unpaired) electrons. The second-order valence-electron chi connectivity index (χ2n) is 7.33. The van der Waals surface area contributed by atoms with E-state index in [-0.39, 0.29) is 11.5 Å². The summed E-state index contributed by atoms with van der Waals surface area (Å²) in [6.45, 7) is 9.34. The lowest BCUT2D eigenvalue weighted by Gasteiger charge is -2.38. The number of anilines is 1. The molecule has 2 aliphatic carbocycles. The third-order valence-electron chi connectivity index (χ3n) is 6.46. The first-order valence-corrected chi connectivity index (χ1v) is 8.12. The van der Waals surface area contributed by atoms with Crippen molar-refractivity contribution in [1.82, 2.24) is 9.97 Å². The van der Waals surface area contributed by atoms with Crippen LogP contribution >= 0.6 is 0 Å². The van der Waals surface area contributed by atoms with Crippen LogP contribution in [0.25, 0.3) is 0 Å². The Balaban J connectivity index is 1.89. The van der Waals surface area contributed by atoms with Crippen LogP contribution in [0.15, 0.2) is 6.33 Å². The Morgan fingerprint density at radius 1 is 1.33 bits per heavy atom. The van der Waals surface area contributed by atoms with E-state index in [0.717, 1.165) is 36.0 Å². The smallest absolute Gasteiger partial charge is 0.222 e. The average Bonchev–Trinajstić information content (AvgIpc) is 2.80. The summed E-state index contributed by atoms with van der Waals surface area (Å²) in [7, 11) is 1.90. The van der Waals surface area contributed by atoms with Gasteiger partial charge in [0.25, 0.3) is 0 Å². The van der Waals surface area contributed by atoms with Crippen molar-refractivity contribution in [2.45, 2.75) is 59.5 Å². The topological polar surface area (TPSA) is 47.0 Å². The van der Waals surface area contributed by atoms with Crippen LogP contribution in [0.1, 0.15) is 52.5 Å². The summed E-state index contributed by atoms with van der Waals surface area (Å²) in [5.41, 5.74) is 1.71. The van der Waals surface area contributed by atoms with Crippen molar-refractivity contribution in [2.24, 2.45) is 16.7 Å². The molecule has 0 aromatic carbocycles. The molecule has 0 spiro atoms. The number of nitrogens with zero attached hydrogens (tertiary/aromatic N) is 2. The fourth-order valence-corrected chi connectivity index (χ4v) is 4.48. The van der Waals surface area contributed by atoms with E-state index in [2.05, 4.69) is 43.0 Å². The molecule has 116 valence electrons. The van der Waals surface area contributed by atoms with Crippen molar-refractivity contribution >= 4 is 5.82 Å². The molecule has 1 aromatic heterocycles. The zero-order chi connectivity index (χ0) is 15.3. The first kappa shape index (κ1) is 14.6. The molecule has 3 atom stereocenters. The molecule has 2 saturated carbocycles. The molecule has 1 aromatic rings. The third-order valence-corrected chi connectivity index (χ3v) is 6.46. The van der Waals surface area contributed by atoms with Gasteiger partial charge in [-0.25, -0.2) is 9.97 Å². The maximum absolute atomic E-state index is 6.42. The highest BCUT2D eigenvalue weighted by atomic mass is 16.5. The van der Waals surface area contributed by atoms with E-state index in [9.17, 15) is 0 Å². The van der Waals surface area contributed by atoms with Crippen molar-refractivity contribution in [3.05, 3.63) is 11.9 Å². The fourth-order valence-electron chi connectivity index (χ4n) is 4.48. The molecule has 1 heterocycles. The van der Waals surface area contributed by atoms with E-state index in [0.29, 0.717) is 5.41 Å². The summed E-state index contributed by atoms with van der Waals surface area (Å²) in [5.74, 6) is 2.43. The van der Waals surface area contributed by atoms with Gasteiger partial charge in [-0.05, 0) is 37.0 Å². The quantitative estimate of drug-likeness (QED) is 0.918. The Hall–Kier alpha value is -1.32. The molecular weight excluding hydrogens is 262 g/mol. The van der Waals surface area contributed by atoms with E-state index in [1.165, 1.54) is 12.8 Å². The highest BCUT2D eigenvalue weighted by Gasteiger charge is 2.62. The third kappa shape index (κ3) is 1.95. The SMILES string of the molecule is CCc1c(NC)ncnc1OC1CC2CCC1(C)C2(C)C. The first-order valence-electron chi connectivity index (χ1n) is 8.12. The summed E-state index contributed by atoms with van der Waals surface area (Å²) >= 11 is 0. The van der Waals surface area contributed by atoms with Gasteiger partial charge in [0.05, 0.1) is 5.56 Å². The van der Waals surface area contributed by atoms with Gasteiger partial charge in [0.15, 0.2) is 0 Å². The minimum atomic E-state index is 0.257. The molecule has 3 rings (SSSR count). The minimum absolute atomic E-state index is 0.257. The monoisotopic (exact) mass is 289 g/mol. The highest BCUT2D eigenvalue weighted by molar-refractivity contribution is 5.48. The van der Waals surface area contributed by atoms with Crippen LogP contribution in [-0.4, -0.2) is 23.1 Å². The van der Waals surface area contributed by atoms with Gasteiger partial charge in [-0.15, -0.1) is 0 Å². The molecular formula is C17H27N3O. The lowest BCUT2D eigenvalue weighted by atomic mass is 9.70. The largest absolute Gasteiger partial charge is 0.473 e. The molecule has 0 aliphatic heterocycles. The van der Waals surface area contributed by atoms with Crippen molar-refractivity contribution in [2.75, 3.05) is 12.4 Å². The summed E-state index contributed by atoms with van der Waals surface area (Å²) < 4.78 is 6.42. The van der Waals surface area contributed by atoms with Crippen molar-refractivity contribution in [1.29, 1.82) is 0 Å². The van der Waals surface area contributed by atoms with Crippen LogP contribution in [0.5, 0.6) is 5.88 Å². The number of rotatable bonds is 4. The van der Waals surface area contributed by atoms with E-state index in [1.807, 2.05) is 7.05 Å². The Morgan fingerprint density at radius 3 is 2.62 bits per heavy atom. The molecule has 1 N–H and O–H groups in total. The van der Waals surface area contributed by atoms with Gasteiger partial charge in [-0.2, -0.15) is 0 Å². The first-order chi connectivity index (χ1) is 9.94. The second kappa shape index (κ2) is 4.85. The zero-order valence-corrected chi connectivity index (χ0v) is 13.9. The molecule has 2 bridgehead atoms. The van der Waals surface area contributed by atoms with E-state index in [1.54, 1.807) is 6.33 Å². The number of fused-ring (bicyclic) bond motifs is 2. The van der Waals surface area contributed by atoms with E-state index >= 15 is 0 Å². The van der Waals surface area contributed by atoms with Gasteiger partial charge < -0.3 is 10.1 Å². The summed E-state index contributed by atoms with van der Waals surface area (Å²) in [5, 5.41) is 3.14. The molecule has 4 nitrogen and oxygen atoms in total. The van der Waals surface area contributed by atoms with Crippen LogP contribution in [0, 0.1) is 16.7 Å². The average molecular weight is 289 g/mol. The summed E-state index contributed by atoms with van der Waals surface area (Å²) in [6.07, 6.45) is 6.52. The zero-order valence-electron chi connectivity index (χ0n) is 13.9. The van der Waals surface area contributed by atoms with Crippen LogP contribution in [0.3, 0.4) is 0 Å². The number of nitrogens with one attached hydrogen (secondary N) is 1. The Morgan fingerprint density at radius 2 is 2.10 bits per heavy atom. The number of hydrogen-bond acceptors (Lipinski definition) is 4. The van der Waals surface area contributed by atoms with Crippen LogP contribution in [0.2, 0.25) is 0 Å². The van der Waals surface area contributed by atoms with Crippen molar-refractivity contribution < 1.29 is 4.74 Å². The normalized spacial score (nSPS) is 33.2. The highest BCUT2D eigenvalue weighted by Crippen LogP contribution is 2.66. The molecule has 21 heavy (non-hydrogen) atoms. The summed E-state index contributed by atoms with van der Waals surface area (Å²) in [4.78, 5) is 8.71. The predicted molar refractivity (Wildman–Crippen MR) is 84.6 cm³/mol. The molecule has 0 amide bonds. The van der Waals surface area contributed by atoms with Crippen LogP contribution in [-0.2, 0) is 6.42 Å². The van der Waals surface area contributed by atoms with Crippen molar-refractivity contribution in [3.63, 3.8) is 0 Å². The Bertz CT molecular complexity index is 543. The maximum Gasteiger partial charge on any atom is 0.222 e. The number of aromatic nitrogens is 2. The van der Waals surface area contributed by atoms with Gasteiger partial charge in [-0.1, -0.05) is 27.7 Å². The van der Waals surface area contributed by atoms with E-state index < -0.39 is 0 Å². The molecule has 3 unspecified atom stereocenters. The lowest BCUT2D eigenvalue weighted by Crippen LogP contribution is -2.39. The molecule has 4 heteroatoms. The predicted octanol–water partition coefficient (Wildman–Crippen LogP) is 3.67. The van der Waals surface area contributed by atoms with Crippen molar-refractivity contribution in [3.8, 4) is 5.88 Å². The number of hydrogen-bond donors (Lipinski definition) is 1. The van der Waals surface area contributed by atoms with Gasteiger partial charge in [0, 0.05) is 12.5 Å². The lowest BCUT2D eigenvalue weighted by molar-refractivity contribution is 0.0266. The second-order valence-corrected chi connectivity index (χ2v) is 7.33. The van der Waals surface area contributed by atoms with E-state index in [4.69, 9.17) is 4.74 Å². The number of ether oxygens (including phenoxy) is 1. The fraction of sp³-hybridized carbons (Fsp3) is 0.765. The van der Waals surface area contributed by atoms with Crippen LogP contribution in [0.4, 0.5) is 5.82 Å². The molecule has 2 aliphatic rings. The Labute approximate surface area is 127 Å². The van der Waals surface area contributed by atoms with Gasteiger partial charge >= 0.3 is 0 Å². The molecule has 2 fully saturated rings. The summed E-state index contributed by atoms with van der Waals surface area (Å²) in [6, 6.07) is 0. The van der Waals surface area contributed by atoms with Gasteiger partial charge in [-0.3, -0.25) is 0 Å². The standard InChI is InChI=1S/C17H27N3O/c1-6-12-14(18-5)19-10-20-15(12)21-13-9-11-7-8-17(13,4)16(11,2)3/h10-11,13H,6-9H2,1-5H3,(H,18,19,20). The van der Waals surface area contributed by atoms with Crippen LogP contribution < -0.4 is 10.1 Å². The van der Waals surface area contributed by atoms with Gasteiger partial charge in [0.1, 0.15) is 18.2 Å². The maximum atomic E-state index is 6.42. The molecule has 0 saturated heterocycles.